The molecule has 1 aromatic heterocycles. The molecule has 20 heavy (non-hydrogen) atoms. The fourth-order valence-electron chi connectivity index (χ4n) is 2.51. The molecule has 1 aliphatic heterocycles. The second-order valence-corrected chi connectivity index (χ2v) is 4.88. The number of rotatable bonds is 2. The van der Waals surface area contributed by atoms with E-state index < -0.39 is 11.6 Å². The Kier molecular flexibility index (Phi) is 3.26. The third-order valence-corrected chi connectivity index (χ3v) is 3.59. The minimum absolute atomic E-state index is 0.166. The number of hydrogen-bond donors (Lipinski definition) is 0. The van der Waals surface area contributed by atoms with Crippen LogP contribution in [0.2, 0.25) is 0 Å². The maximum absolute atomic E-state index is 13.2. The molecule has 0 spiro atoms. The number of nitrogens with zero attached hydrogens (tertiary/aromatic N) is 1. The van der Waals surface area contributed by atoms with Crippen LogP contribution in [0.1, 0.15) is 28.5 Å². The Morgan fingerprint density at radius 2 is 2.10 bits per heavy atom. The number of amides is 1. The lowest BCUT2D eigenvalue weighted by molar-refractivity contribution is 0.0789. The van der Waals surface area contributed by atoms with Crippen molar-refractivity contribution >= 4 is 5.91 Å². The molecule has 1 fully saturated rings. The number of furan rings is 1. The van der Waals surface area contributed by atoms with Crippen molar-refractivity contribution in [1.82, 2.24) is 4.90 Å². The zero-order chi connectivity index (χ0) is 14.1. The predicted octanol–water partition coefficient (Wildman–Crippen LogP) is 3.19. The number of benzene rings is 1. The Morgan fingerprint density at radius 1 is 1.25 bits per heavy atom. The van der Waals surface area contributed by atoms with Crippen molar-refractivity contribution < 1.29 is 18.0 Å². The van der Waals surface area contributed by atoms with Gasteiger partial charge in [-0.3, -0.25) is 4.79 Å². The van der Waals surface area contributed by atoms with Crippen molar-refractivity contribution in [2.24, 2.45) is 0 Å². The van der Waals surface area contributed by atoms with Crippen molar-refractivity contribution in [3.8, 4) is 0 Å². The van der Waals surface area contributed by atoms with E-state index in [2.05, 4.69) is 0 Å². The summed E-state index contributed by atoms with van der Waals surface area (Å²) < 4.78 is 31.4. The SMILES string of the molecule is O=C(c1ccc(F)c(F)c1)N1CCC(c2ccco2)C1. The number of carbonyl (C=O) groups excluding carboxylic acids is 1. The zero-order valence-electron chi connectivity index (χ0n) is 10.7. The first kappa shape index (κ1) is 12.8. The monoisotopic (exact) mass is 277 g/mol. The highest BCUT2D eigenvalue weighted by Gasteiger charge is 2.29. The van der Waals surface area contributed by atoms with Gasteiger partial charge in [-0.05, 0) is 36.8 Å². The molecular weight excluding hydrogens is 264 g/mol. The highest BCUT2D eigenvalue weighted by molar-refractivity contribution is 5.94. The summed E-state index contributed by atoms with van der Waals surface area (Å²) in [6.07, 6.45) is 2.41. The van der Waals surface area contributed by atoms with Crippen LogP contribution in [0, 0.1) is 11.6 Å². The summed E-state index contributed by atoms with van der Waals surface area (Å²) in [5.74, 6) is -1.21. The molecule has 2 aromatic rings. The maximum atomic E-state index is 13.2. The van der Waals surface area contributed by atoms with Crippen LogP contribution in [-0.2, 0) is 0 Å². The Morgan fingerprint density at radius 3 is 2.80 bits per heavy atom. The number of hydrogen-bond acceptors (Lipinski definition) is 2. The average Bonchev–Trinajstić information content (AvgIpc) is 3.11. The molecule has 0 N–H and O–H groups in total. The molecule has 1 amide bonds. The Labute approximate surface area is 114 Å². The van der Waals surface area contributed by atoms with Gasteiger partial charge in [-0.2, -0.15) is 0 Å². The van der Waals surface area contributed by atoms with E-state index in [9.17, 15) is 13.6 Å². The van der Waals surface area contributed by atoms with Crippen molar-refractivity contribution in [2.75, 3.05) is 13.1 Å². The summed E-state index contributed by atoms with van der Waals surface area (Å²) in [6, 6.07) is 6.92. The molecule has 2 heterocycles. The molecule has 0 aliphatic carbocycles. The van der Waals surface area contributed by atoms with Gasteiger partial charge in [0.1, 0.15) is 5.76 Å². The molecule has 1 aliphatic rings. The van der Waals surface area contributed by atoms with Crippen LogP contribution in [-0.4, -0.2) is 23.9 Å². The van der Waals surface area contributed by atoms with Crippen LogP contribution in [0.5, 0.6) is 0 Å². The molecule has 104 valence electrons. The molecule has 5 heteroatoms. The number of likely N-dealkylation sites (tertiary alicyclic amines) is 1. The minimum Gasteiger partial charge on any atom is -0.469 e. The van der Waals surface area contributed by atoms with Crippen molar-refractivity contribution in [3.05, 3.63) is 59.6 Å². The lowest BCUT2D eigenvalue weighted by atomic mass is 10.1. The van der Waals surface area contributed by atoms with Crippen molar-refractivity contribution in [3.63, 3.8) is 0 Å². The first-order valence-corrected chi connectivity index (χ1v) is 6.43. The number of halogens is 2. The normalized spacial score (nSPS) is 18.5. The third-order valence-electron chi connectivity index (χ3n) is 3.59. The minimum atomic E-state index is -1.00. The van der Waals surface area contributed by atoms with Crippen molar-refractivity contribution in [2.45, 2.75) is 12.3 Å². The average molecular weight is 277 g/mol. The molecule has 3 rings (SSSR count). The standard InChI is InChI=1S/C15H13F2NO2/c16-12-4-3-10(8-13(12)17)15(19)18-6-5-11(9-18)14-2-1-7-20-14/h1-4,7-8,11H,5-6,9H2. The molecule has 1 unspecified atom stereocenters. The van der Waals surface area contributed by atoms with Crippen LogP contribution < -0.4 is 0 Å². The highest BCUT2D eigenvalue weighted by atomic mass is 19.2. The largest absolute Gasteiger partial charge is 0.469 e. The Hall–Kier alpha value is -2.17. The smallest absolute Gasteiger partial charge is 0.253 e. The molecule has 0 bridgehead atoms. The molecular formula is C15H13F2NO2. The van der Waals surface area contributed by atoms with Gasteiger partial charge in [0.15, 0.2) is 11.6 Å². The topological polar surface area (TPSA) is 33.5 Å². The van der Waals surface area contributed by atoms with Crippen molar-refractivity contribution in [1.29, 1.82) is 0 Å². The van der Waals surface area contributed by atoms with Gasteiger partial charge in [0.05, 0.1) is 6.26 Å². The van der Waals surface area contributed by atoms with E-state index in [1.54, 1.807) is 11.2 Å². The van der Waals surface area contributed by atoms with E-state index in [1.165, 1.54) is 6.07 Å². The molecule has 1 atom stereocenters. The molecule has 0 saturated carbocycles. The lowest BCUT2D eigenvalue weighted by Crippen LogP contribution is -2.28. The summed E-state index contributed by atoms with van der Waals surface area (Å²) in [4.78, 5) is 13.9. The van der Waals surface area contributed by atoms with E-state index in [4.69, 9.17) is 4.42 Å². The van der Waals surface area contributed by atoms with Gasteiger partial charge < -0.3 is 9.32 Å². The fraction of sp³-hybridized carbons (Fsp3) is 0.267. The van der Waals surface area contributed by atoms with Gasteiger partial charge in [-0.25, -0.2) is 8.78 Å². The second-order valence-electron chi connectivity index (χ2n) is 4.88. The van der Waals surface area contributed by atoms with Crippen LogP contribution >= 0.6 is 0 Å². The molecule has 1 aromatic carbocycles. The predicted molar refractivity (Wildman–Crippen MR) is 68.3 cm³/mol. The van der Waals surface area contributed by atoms with E-state index in [-0.39, 0.29) is 17.4 Å². The van der Waals surface area contributed by atoms with E-state index >= 15 is 0 Å². The van der Waals surface area contributed by atoms with Crippen LogP contribution in [0.25, 0.3) is 0 Å². The molecule has 3 nitrogen and oxygen atoms in total. The van der Waals surface area contributed by atoms with Crippen LogP contribution in [0.4, 0.5) is 8.78 Å². The molecule has 0 radical (unpaired) electrons. The van der Waals surface area contributed by atoms with Gasteiger partial charge in [-0.15, -0.1) is 0 Å². The van der Waals surface area contributed by atoms with Gasteiger partial charge in [0.2, 0.25) is 0 Å². The van der Waals surface area contributed by atoms with E-state index in [1.807, 2.05) is 12.1 Å². The quantitative estimate of drug-likeness (QED) is 0.844. The van der Waals surface area contributed by atoms with E-state index in [0.29, 0.717) is 13.1 Å². The van der Waals surface area contributed by atoms with Crippen LogP contribution in [0.15, 0.2) is 41.0 Å². The zero-order valence-corrected chi connectivity index (χ0v) is 10.7. The van der Waals surface area contributed by atoms with E-state index in [0.717, 1.165) is 24.3 Å². The number of carbonyl (C=O) groups is 1. The lowest BCUT2D eigenvalue weighted by Gasteiger charge is -2.16. The third kappa shape index (κ3) is 2.31. The first-order valence-electron chi connectivity index (χ1n) is 6.43. The van der Waals surface area contributed by atoms with Gasteiger partial charge >= 0.3 is 0 Å². The van der Waals surface area contributed by atoms with Crippen LogP contribution in [0.3, 0.4) is 0 Å². The maximum Gasteiger partial charge on any atom is 0.253 e. The fourth-order valence-corrected chi connectivity index (χ4v) is 2.51. The Balaban J connectivity index is 1.74. The second kappa shape index (κ2) is 5.07. The summed E-state index contributed by atoms with van der Waals surface area (Å²) in [7, 11) is 0. The Bertz CT molecular complexity index is 625. The summed E-state index contributed by atoms with van der Waals surface area (Å²) >= 11 is 0. The summed E-state index contributed by atoms with van der Waals surface area (Å²) in [5, 5.41) is 0. The van der Waals surface area contributed by atoms with Gasteiger partial charge in [0.25, 0.3) is 5.91 Å². The van der Waals surface area contributed by atoms with Gasteiger partial charge in [-0.1, -0.05) is 0 Å². The highest BCUT2D eigenvalue weighted by Crippen LogP contribution is 2.28. The van der Waals surface area contributed by atoms with Gasteiger partial charge in [0, 0.05) is 24.6 Å². The summed E-state index contributed by atoms with van der Waals surface area (Å²) in [6.45, 7) is 1.12. The summed E-state index contributed by atoms with van der Waals surface area (Å²) in [5.41, 5.74) is 0.170. The molecule has 1 saturated heterocycles. The first-order chi connectivity index (χ1) is 9.65.